The highest BCUT2D eigenvalue weighted by molar-refractivity contribution is 6.42. The zero-order chi connectivity index (χ0) is 13.7. The third-order valence-corrected chi connectivity index (χ3v) is 4.14. The number of halogens is 4. The van der Waals surface area contributed by atoms with Crippen LogP contribution in [0.4, 0.5) is 0 Å². The summed E-state index contributed by atoms with van der Waals surface area (Å²) in [5, 5.41) is 4.77. The van der Waals surface area contributed by atoms with E-state index >= 15 is 0 Å². The molecule has 0 aromatic heterocycles. The van der Waals surface area contributed by atoms with Gasteiger partial charge in [-0.2, -0.15) is 0 Å². The molecule has 1 N–H and O–H groups in total. The molecule has 21 heavy (non-hydrogen) atoms. The van der Waals surface area contributed by atoms with Crippen LogP contribution in [0.2, 0.25) is 10.0 Å². The van der Waals surface area contributed by atoms with E-state index in [4.69, 9.17) is 27.9 Å². The predicted octanol–water partition coefficient (Wildman–Crippen LogP) is 3.65. The van der Waals surface area contributed by atoms with Crippen LogP contribution >= 0.6 is 48.0 Å². The first-order chi connectivity index (χ1) is 9.19. The summed E-state index contributed by atoms with van der Waals surface area (Å²) in [6.45, 7) is 4.85. The molecular weight excluding hydrogens is 354 g/mol. The summed E-state index contributed by atoms with van der Waals surface area (Å²) >= 11 is 12.0. The quantitative estimate of drug-likeness (QED) is 0.849. The Kier molecular flexibility index (Phi) is 11.0. The van der Waals surface area contributed by atoms with Crippen LogP contribution in [0.1, 0.15) is 12.0 Å². The van der Waals surface area contributed by atoms with Crippen molar-refractivity contribution in [3.8, 4) is 0 Å². The second kappa shape index (κ2) is 10.9. The minimum atomic E-state index is 0. The average Bonchev–Trinajstić information content (AvgIpc) is 2.41. The molecule has 1 aromatic carbocycles. The van der Waals surface area contributed by atoms with Crippen LogP contribution in [-0.4, -0.2) is 44.3 Å². The Balaban J connectivity index is 0.00000200. The van der Waals surface area contributed by atoms with Crippen LogP contribution < -0.4 is 5.32 Å². The van der Waals surface area contributed by atoms with Gasteiger partial charge in [0.25, 0.3) is 0 Å². The topological polar surface area (TPSA) is 24.5 Å². The minimum Gasteiger partial charge on any atom is -0.385 e. The van der Waals surface area contributed by atoms with Crippen LogP contribution in [0.25, 0.3) is 0 Å². The Morgan fingerprint density at radius 2 is 2.05 bits per heavy atom. The molecule has 0 aliphatic carbocycles. The molecule has 0 amide bonds. The summed E-state index contributed by atoms with van der Waals surface area (Å²) in [5.74, 6) is 0. The lowest BCUT2D eigenvalue weighted by Crippen LogP contribution is -2.50. The van der Waals surface area contributed by atoms with Crippen molar-refractivity contribution in [2.24, 2.45) is 0 Å². The van der Waals surface area contributed by atoms with E-state index < -0.39 is 0 Å². The number of hydrogen-bond donors (Lipinski definition) is 1. The maximum atomic E-state index is 6.05. The maximum absolute atomic E-state index is 6.05. The van der Waals surface area contributed by atoms with Crippen LogP contribution in [0, 0.1) is 0 Å². The van der Waals surface area contributed by atoms with Crippen LogP contribution in [-0.2, 0) is 11.3 Å². The first-order valence-corrected chi connectivity index (χ1v) is 7.33. The molecule has 0 saturated carbocycles. The second-order valence-electron chi connectivity index (χ2n) is 4.92. The lowest BCUT2D eigenvalue weighted by molar-refractivity contribution is 0.144. The number of rotatable bonds is 5. The number of hydrogen-bond acceptors (Lipinski definition) is 3. The Labute approximate surface area is 149 Å². The molecule has 1 atom stereocenters. The fraction of sp³-hybridized carbons (Fsp3) is 0.571. The minimum absolute atomic E-state index is 0. The fourth-order valence-electron chi connectivity index (χ4n) is 2.39. The molecule has 0 radical (unpaired) electrons. The molecule has 0 unspecified atom stereocenters. The molecular formula is C14H22Cl4N2O. The van der Waals surface area contributed by atoms with Gasteiger partial charge in [-0.1, -0.05) is 29.3 Å². The van der Waals surface area contributed by atoms with Gasteiger partial charge in [0.15, 0.2) is 0 Å². The number of benzene rings is 1. The zero-order valence-corrected chi connectivity index (χ0v) is 15.1. The van der Waals surface area contributed by atoms with Gasteiger partial charge in [0.05, 0.1) is 10.0 Å². The summed E-state index contributed by atoms with van der Waals surface area (Å²) in [6.07, 6.45) is 1.05. The molecule has 122 valence electrons. The van der Waals surface area contributed by atoms with Crippen LogP contribution in [0.5, 0.6) is 0 Å². The van der Waals surface area contributed by atoms with E-state index in [9.17, 15) is 0 Å². The molecule has 3 nitrogen and oxygen atoms in total. The molecule has 1 aromatic rings. The van der Waals surface area contributed by atoms with Crippen molar-refractivity contribution in [3.63, 3.8) is 0 Å². The Hall–Kier alpha value is 0.260. The predicted molar refractivity (Wildman–Crippen MR) is 94.5 cm³/mol. The average molecular weight is 376 g/mol. The lowest BCUT2D eigenvalue weighted by atomic mass is 10.1. The normalized spacial score (nSPS) is 18.7. The van der Waals surface area contributed by atoms with Gasteiger partial charge in [0.2, 0.25) is 0 Å². The zero-order valence-electron chi connectivity index (χ0n) is 12.0. The van der Waals surface area contributed by atoms with Gasteiger partial charge in [-0.25, -0.2) is 0 Å². The van der Waals surface area contributed by atoms with E-state index in [1.165, 1.54) is 5.56 Å². The van der Waals surface area contributed by atoms with Gasteiger partial charge in [0.1, 0.15) is 0 Å². The third kappa shape index (κ3) is 6.91. The molecule has 1 heterocycles. The monoisotopic (exact) mass is 374 g/mol. The molecule has 1 fully saturated rings. The standard InChI is InChI=1S/C14H20Cl2N2O.2ClH/c1-19-7-4-12-10-18(6-5-17-12)9-11-2-3-13(15)14(16)8-11;;/h2-3,8,12,17H,4-7,9-10H2,1H3;2*1H/t12-;;/m0../s1. The Bertz CT molecular complexity index is 420. The number of nitrogens with one attached hydrogen (secondary N) is 1. The van der Waals surface area contributed by atoms with Crippen LogP contribution in [0.3, 0.4) is 0 Å². The Morgan fingerprint density at radius 1 is 1.29 bits per heavy atom. The van der Waals surface area contributed by atoms with Gasteiger partial charge in [0, 0.05) is 45.9 Å². The number of piperazine rings is 1. The highest BCUT2D eigenvalue weighted by atomic mass is 35.5. The van der Waals surface area contributed by atoms with Crippen molar-refractivity contribution in [3.05, 3.63) is 33.8 Å². The number of ether oxygens (including phenoxy) is 1. The summed E-state index contributed by atoms with van der Waals surface area (Å²) < 4.78 is 5.14. The largest absolute Gasteiger partial charge is 0.385 e. The van der Waals surface area contributed by atoms with E-state index in [-0.39, 0.29) is 24.8 Å². The van der Waals surface area contributed by atoms with Crippen molar-refractivity contribution in [1.29, 1.82) is 0 Å². The molecule has 0 spiro atoms. The maximum Gasteiger partial charge on any atom is 0.0595 e. The molecule has 7 heteroatoms. The second-order valence-corrected chi connectivity index (χ2v) is 5.73. The molecule has 2 rings (SSSR count). The third-order valence-electron chi connectivity index (χ3n) is 3.40. The van der Waals surface area contributed by atoms with Gasteiger partial charge in [-0.05, 0) is 24.1 Å². The van der Waals surface area contributed by atoms with E-state index in [2.05, 4.69) is 10.2 Å². The first kappa shape index (κ1) is 21.3. The van der Waals surface area contributed by atoms with Crippen molar-refractivity contribution in [2.75, 3.05) is 33.4 Å². The van der Waals surface area contributed by atoms with Crippen molar-refractivity contribution in [1.82, 2.24) is 10.2 Å². The van der Waals surface area contributed by atoms with Crippen LogP contribution in [0.15, 0.2) is 18.2 Å². The lowest BCUT2D eigenvalue weighted by Gasteiger charge is -2.33. The van der Waals surface area contributed by atoms with Gasteiger partial charge >= 0.3 is 0 Å². The number of methoxy groups -OCH3 is 1. The smallest absolute Gasteiger partial charge is 0.0595 e. The SMILES string of the molecule is COCC[C@H]1CN(Cc2ccc(Cl)c(Cl)c2)CCN1.Cl.Cl. The van der Waals surface area contributed by atoms with Gasteiger partial charge < -0.3 is 10.1 Å². The van der Waals surface area contributed by atoms with E-state index in [1.807, 2.05) is 18.2 Å². The molecule has 1 aliphatic heterocycles. The van der Waals surface area contributed by atoms with E-state index in [0.717, 1.165) is 39.2 Å². The molecule has 1 saturated heterocycles. The summed E-state index contributed by atoms with van der Waals surface area (Å²) in [6, 6.07) is 6.37. The van der Waals surface area contributed by atoms with Crippen molar-refractivity contribution < 1.29 is 4.74 Å². The van der Waals surface area contributed by atoms with E-state index in [0.29, 0.717) is 16.1 Å². The summed E-state index contributed by atoms with van der Waals surface area (Å²) in [5.41, 5.74) is 1.21. The highest BCUT2D eigenvalue weighted by Gasteiger charge is 2.19. The highest BCUT2D eigenvalue weighted by Crippen LogP contribution is 2.23. The number of nitrogens with zero attached hydrogens (tertiary/aromatic N) is 1. The summed E-state index contributed by atoms with van der Waals surface area (Å²) in [7, 11) is 1.75. The summed E-state index contributed by atoms with van der Waals surface area (Å²) in [4.78, 5) is 2.44. The van der Waals surface area contributed by atoms with E-state index in [1.54, 1.807) is 7.11 Å². The first-order valence-electron chi connectivity index (χ1n) is 6.57. The molecule has 0 bridgehead atoms. The van der Waals surface area contributed by atoms with Crippen molar-refractivity contribution >= 4 is 48.0 Å². The van der Waals surface area contributed by atoms with Crippen molar-refractivity contribution in [2.45, 2.75) is 19.0 Å². The van der Waals surface area contributed by atoms with Gasteiger partial charge in [-0.15, -0.1) is 24.8 Å². The Morgan fingerprint density at radius 3 is 2.71 bits per heavy atom. The molecule has 1 aliphatic rings. The van der Waals surface area contributed by atoms with Gasteiger partial charge in [-0.3, -0.25) is 4.90 Å². The fourth-order valence-corrected chi connectivity index (χ4v) is 2.71.